The molecule has 0 amide bonds. The Balaban J connectivity index is 2.34. The third kappa shape index (κ3) is 2.60. The number of hydrogen-bond acceptors (Lipinski definition) is 4. The van der Waals surface area contributed by atoms with Gasteiger partial charge in [0.1, 0.15) is 0 Å². The third-order valence-electron chi connectivity index (χ3n) is 2.31. The lowest BCUT2D eigenvalue weighted by Crippen LogP contribution is -2.28. The van der Waals surface area contributed by atoms with Gasteiger partial charge in [0.05, 0.1) is 12.2 Å². The standard InChI is InChI=1S/C11H12N4O2/c1-12-8-4-5-13-9(6-8)7-15-11(17)3-2-10(16)14-15/h2-6H,7H2,1H3,(H,12,13)(H,14,16). The first-order chi connectivity index (χ1) is 8.19. The average Bonchev–Trinajstić information content (AvgIpc) is 2.34. The monoisotopic (exact) mass is 232 g/mol. The Bertz CT molecular complexity index is 630. The van der Waals surface area contributed by atoms with Crippen LogP contribution in [0.1, 0.15) is 5.69 Å². The lowest BCUT2D eigenvalue weighted by molar-refractivity contribution is 0.617. The first-order valence-electron chi connectivity index (χ1n) is 5.12. The fraction of sp³-hybridized carbons (Fsp3) is 0.182. The molecule has 2 rings (SSSR count). The molecule has 6 nitrogen and oxygen atoms in total. The summed E-state index contributed by atoms with van der Waals surface area (Å²) in [7, 11) is 1.80. The van der Waals surface area contributed by atoms with Crippen molar-refractivity contribution in [3.8, 4) is 0 Å². The van der Waals surface area contributed by atoms with Gasteiger partial charge in [0.25, 0.3) is 11.1 Å². The summed E-state index contributed by atoms with van der Waals surface area (Å²) in [6.45, 7) is 0.241. The van der Waals surface area contributed by atoms with Crippen LogP contribution in [0, 0.1) is 0 Å². The van der Waals surface area contributed by atoms with E-state index in [0.29, 0.717) is 5.69 Å². The van der Waals surface area contributed by atoms with Crippen LogP contribution in [0.4, 0.5) is 5.69 Å². The highest BCUT2D eigenvalue weighted by Gasteiger charge is 2.00. The molecule has 2 N–H and O–H groups in total. The predicted molar refractivity (Wildman–Crippen MR) is 64.2 cm³/mol. The highest BCUT2D eigenvalue weighted by molar-refractivity contribution is 5.42. The topological polar surface area (TPSA) is 79.8 Å². The minimum absolute atomic E-state index is 0.241. The molecule has 0 aliphatic rings. The molecular weight excluding hydrogens is 220 g/mol. The molecule has 88 valence electrons. The van der Waals surface area contributed by atoms with Gasteiger partial charge in [0.15, 0.2) is 0 Å². The van der Waals surface area contributed by atoms with E-state index < -0.39 is 0 Å². The van der Waals surface area contributed by atoms with Gasteiger partial charge in [-0.05, 0) is 12.1 Å². The van der Waals surface area contributed by atoms with Crippen LogP contribution in [0.2, 0.25) is 0 Å². The van der Waals surface area contributed by atoms with Crippen molar-refractivity contribution in [2.75, 3.05) is 12.4 Å². The Hall–Kier alpha value is -2.37. The van der Waals surface area contributed by atoms with E-state index in [-0.39, 0.29) is 17.7 Å². The zero-order valence-electron chi connectivity index (χ0n) is 9.30. The van der Waals surface area contributed by atoms with Crippen LogP contribution in [-0.4, -0.2) is 21.8 Å². The molecule has 0 saturated carbocycles. The van der Waals surface area contributed by atoms with Crippen molar-refractivity contribution in [2.24, 2.45) is 0 Å². The maximum atomic E-state index is 11.5. The first kappa shape index (κ1) is 11.1. The number of pyridine rings is 1. The number of rotatable bonds is 3. The smallest absolute Gasteiger partial charge is 0.265 e. The Morgan fingerprint density at radius 3 is 2.94 bits per heavy atom. The summed E-state index contributed by atoms with van der Waals surface area (Å²) >= 11 is 0. The van der Waals surface area contributed by atoms with Gasteiger partial charge in [0.2, 0.25) is 0 Å². The maximum Gasteiger partial charge on any atom is 0.265 e. The molecule has 0 aromatic carbocycles. The van der Waals surface area contributed by atoms with Crippen LogP contribution in [0.3, 0.4) is 0 Å². The van der Waals surface area contributed by atoms with Gasteiger partial charge < -0.3 is 5.32 Å². The lowest BCUT2D eigenvalue weighted by atomic mass is 10.3. The van der Waals surface area contributed by atoms with Crippen molar-refractivity contribution in [1.29, 1.82) is 0 Å². The molecule has 0 saturated heterocycles. The minimum atomic E-state index is -0.311. The second-order valence-corrected chi connectivity index (χ2v) is 3.52. The normalized spacial score (nSPS) is 10.2. The van der Waals surface area contributed by atoms with E-state index in [9.17, 15) is 9.59 Å². The number of nitrogens with zero attached hydrogens (tertiary/aromatic N) is 2. The summed E-state index contributed by atoms with van der Waals surface area (Å²) in [5.74, 6) is 0. The Labute approximate surface area is 96.9 Å². The molecule has 0 aliphatic heterocycles. The second kappa shape index (κ2) is 4.65. The molecule has 17 heavy (non-hydrogen) atoms. The van der Waals surface area contributed by atoms with Gasteiger partial charge >= 0.3 is 0 Å². The van der Waals surface area contributed by atoms with Gasteiger partial charge in [-0.25, -0.2) is 4.68 Å². The van der Waals surface area contributed by atoms with Crippen LogP contribution in [0.5, 0.6) is 0 Å². The number of aromatic nitrogens is 3. The number of hydrogen-bond donors (Lipinski definition) is 2. The molecule has 0 bridgehead atoms. The van der Waals surface area contributed by atoms with Crippen LogP contribution in [0.25, 0.3) is 0 Å². The zero-order chi connectivity index (χ0) is 12.3. The van der Waals surface area contributed by atoms with E-state index in [4.69, 9.17) is 0 Å². The Morgan fingerprint density at radius 2 is 2.18 bits per heavy atom. The summed E-state index contributed by atoms with van der Waals surface area (Å²) in [5, 5.41) is 5.43. The number of aromatic amines is 1. The van der Waals surface area contributed by atoms with Crippen LogP contribution in [0.15, 0.2) is 40.1 Å². The molecule has 6 heteroatoms. The molecule has 0 fully saturated rings. The van der Waals surface area contributed by atoms with Gasteiger partial charge in [-0.1, -0.05) is 0 Å². The van der Waals surface area contributed by atoms with Gasteiger partial charge in [-0.2, -0.15) is 0 Å². The van der Waals surface area contributed by atoms with Crippen molar-refractivity contribution in [1.82, 2.24) is 14.8 Å². The maximum absolute atomic E-state index is 11.5. The van der Waals surface area contributed by atoms with E-state index in [1.54, 1.807) is 13.2 Å². The van der Waals surface area contributed by atoms with Crippen molar-refractivity contribution < 1.29 is 0 Å². The molecule has 0 aliphatic carbocycles. The summed E-state index contributed by atoms with van der Waals surface area (Å²) in [6.07, 6.45) is 1.65. The van der Waals surface area contributed by atoms with Crippen LogP contribution < -0.4 is 16.4 Å². The van der Waals surface area contributed by atoms with Crippen molar-refractivity contribution in [3.63, 3.8) is 0 Å². The van der Waals surface area contributed by atoms with Crippen molar-refractivity contribution in [2.45, 2.75) is 6.54 Å². The summed E-state index contributed by atoms with van der Waals surface area (Å²) in [4.78, 5) is 26.7. The zero-order valence-corrected chi connectivity index (χ0v) is 9.30. The van der Waals surface area contributed by atoms with Crippen molar-refractivity contribution >= 4 is 5.69 Å². The first-order valence-corrected chi connectivity index (χ1v) is 5.12. The fourth-order valence-electron chi connectivity index (χ4n) is 1.46. The lowest BCUT2D eigenvalue weighted by Gasteiger charge is -2.05. The minimum Gasteiger partial charge on any atom is -0.388 e. The molecule has 0 spiro atoms. The molecule has 2 aromatic heterocycles. The molecule has 2 heterocycles. The molecule has 0 radical (unpaired) electrons. The third-order valence-corrected chi connectivity index (χ3v) is 2.31. The molecule has 0 atom stereocenters. The van der Waals surface area contributed by atoms with Crippen molar-refractivity contribution in [3.05, 3.63) is 56.9 Å². The van der Waals surface area contributed by atoms with E-state index in [1.807, 2.05) is 12.1 Å². The molecule has 2 aromatic rings. The van der Waals surface area contributed by atoms with E-state index in [2.05, 4.69) is 15.4 Å². The Kier molecular flexibility index (Phi) is 3.04. The van der Waals surface area contributed by atoms with E-state index in [1.165, 1.54) is 16.8 Å². The number of nitrogens with one attached hydrogen (secondary N) is 2. The number of anilines is 1. The second-order valence-electron chi connectivity index (χ2n) is 3.52. The fourth-order valence-corrected chi connectivity index (χ4v) is 1.46. The average molecular weight is 232 g/mol. The largest absolute Gasteiger partial charge is 0.388 e. The quantitative estimate of drug-likeness (QED) is 0.782. The predicted octanol–water partition coefficient (Wildman–Crippen LogP) is 0.0216. The van der Waals surface area contributed by atoms with Crippen LogP contribution in [-0.2, 0) is 6.54 Å². The summed E-state index contributed by atoms with van der Waals surface area (Å²) in [5.41, 5.74) is 1.03. The molecular formula is C11H12N4O2. The number of H-pyrrole nitrogens is 1. The van der Waals surface area contributed by atoms with E-state index in [0.717, 1.165) is 5.69 Å². The van der Waals surface area contributed by atoms with Gasteiger partial charge in [-0.3, -0.25) is 19.7 Å². The van der Waals surface area contributed by atoms with Crippen LogP contribution >= 0.6 is 0 Å². The summed E-state index contributed by atoms with van der Waals surface area (Å²) < 4.78 is 1.23. The van der Waals surface area contributed by atoms with E-state index >= 15 is 0 Å². The SMILES string of the molecule is CNc1ccnc(Cn2[nH]c(=O)ccc2=O)c1. The molecule has 0 unspecified atom stereocenters. The van der Waals surface area contributed by atoms with Gasteiger partial charge in [0, 0.05) is 31.1 Å². The summed E-state index contributed by atoms with van der Waals surface area (Å²) in [6, 6.07) is 6.08. The highest BCUT2D eigenvalue weighted by Crippen LogP contribution is 2.06. The van der Waals surface area contributed by atoms with Gasteiger partial charge in [-0.15, -0.1) is 0 Å². The Morgan fingerprint density at radius 1 is 1.35 bits per heavy atom. The highest BCUT2D eigenvalue weighted by atomic mass is 16.1.